The van der Waals surface area contributed by atoms with Crippen LogP contribution in [0.4, 0.5) is 5.82 Å². The van der Waals surface area contributed by atoms with Crippen LogP contribution in [0.25, 0.3) is 0 Å². The van der Waals surface area contributed by atoms with Crippen molar-refractivity contribution in [1.29, 1.82) is 0 Å². The fourth-order valence-corrected chi connectivity index (χ4v) is 1.91. The molecular weight excluding hydrogens is 246 g/mol. The zero-order chi connectivity index (χ0) is 13.0. The summed E-state index contributed by atoms with van der Waals surface area (Å²) in [5.74, 6) is 1.35. The van der Waals surface area contributed by atoms with Crippen molar-refractivity contribution >= 4 is 17.4 Å². The average Bonchev–Trinajstić information content (AvgIpc) is 2.39. The largest absolute Gasteiger partial charge is 0.354 e. The minimum atomic E-state index is 0.435. The lowest BCUT2D eigenvalue weighted by molar-refractivity contribution is 0.855. The first-order valence-electron chi connectivity index (χ1n) is 5.84. The number of nitrogens with zero attached hydrogens (tertiary/aromatic N) is 3. The van der Waals surface area contributed by atoms with E-state index in [1.807, 2.05) is 50.4 Å². The molecule has 2 aromatic heterocycles. The maximum absolute atomic E-state index is 5.79. The van der Waals surface area contributed by atoms with Crippen LogP contribution in [-0.4, -0.2) is 17.0 Å². The molecule has 3 nitrogen and oxygen atoms in total. The highest BCUT2D eigenvalue weighted by atomic mass is 35.5. The van der Waals surface area contributed by atoms with Crippen LogP contribution in [0, 0.1) is 6.92 Å². The highest BCUT2D eigenvalue weighted by molar-refractivity contribution is 6.16. The van der Waals surface area contributed by atoms with E-state index in [1.165, 1.54) is 0 Å². The third-order valence-electron chi connectivity index (χ3n) is 2.67. The van der Waals surface area contributed by atoms with Crippen molar-refractivity contribution in [3.8, 4) is 0 Å². The number of pyridine rings is 2. The van der Waals surface area contributed by atoms with Crippen LogP contribution in [0.5, 0.6) is 0 Å². The number of rotatable bonds is 4. The molecule has 18 heavy (non-hydrogen) atoms. The molecule has 0 N–H and O–H groups in total. The standard InChI is InChI=1S/C14H16ClN3/c1-11-5-3-7-13(16-11)10-18(2)14-8-4-6-12(9-15)17-14/h3-8H,9-10H2,1-2H3. The maximum Gasteiger partial charge on any atom is 0.128 e. The quantitative estimate of drug-likeness (QED) is 0.792. The van der Waals surface area contributed by atoms with Gasteiger partial charge >= 0.3 is 0 Å². The van der Waals surface area contributed by atoms with Crippen LogP contribution in [0.3, 0.4) is 0 Å². The minimum absolute atomic E-state index is 0.435. The van der Waals surface area contributed by atoms with Gasteiger partial charge in [-0.1, -0.05) is 12.1 Å². The number of anilines is 1. The summed E-state index contributed by atoms with van der Waals surface area (Å²) in [6.07, 6.45) is 0. The number of aromatic nitrogens is 2. The Morgan fingerprint density at radius 3 is 2.50 bits per heavy atom. The van der Waals surface area contributed by atoms with Gasteiger partial charge in [-0.15, -0.1) is 11.6 Å². The number of halogens is 1. The van der Waals surface area contributed by atoms with Crippen LogP contribution in [0.2, 0.25) is 0 Å². The van der Waals surface area contributed by atoms with Gasteiger partial charge in [0, 0.05) is 12.7 Å². The first kappa shape index (κ1) is 12.8. The van der Waals surface area contributed by atoms with Crippen molar-refractivity contribution in [2.24, 2.45) is 0 Å². The molecule has 2 heterocycles. The Bertz CT molecular complexity index is 528. The molecule has 0 saturated carbocycles. The van der Waals surface area contributed by atoms with E-state index < -0.39 is 0 Å². The van der Waals surface area contributed by atoms with E-state index in [0.717, 1.165) is 29.4 Å². The number of hydrogen-bond donors (Lipinski definition) is 0. The van der Waals surface area contributed by atoms with Gasteiger partial charge in [0.2, 0.25) is 0 Å². The topological polar surface area (TPSA) is 29.0 Å². The van der Waals surface area contributed by atoms with Gasteiger partial charge in [-0.3, -0.25) is 4.98 Å². The zero-order valence-corrected chi connectivity index (χ0v) is 11.4. The van der Waals surface area contributed by atoms with Crippen LogP contribution in [-0.2, 0) is 12.4 Å². The minimum Gasteiger partial charge on any atom is -0.354 e. The van der Waals surface area contributed by atoms with E-state index in [-0.39, 0.29) is 0 Å². The molecule has 0 amide bonds. The summed E-state index contributed by atoms with van der Waals surface area (Å²) in [7, 11) is 2.00. The van der Waals surface area contributed by atoms with Gasteiger partial charge in [-0.2, -0.15) is 0 Å². The summed E-state index contributed by atoms with van der Waals surface area (Å²) in [6.45, 7) is 2.73. The van der Waals surface area contributed by atoms with Gasteiger partial charge in [-0.25, -0.2) is 4.98 Å². The molecule has 0 fully saturated rings. The summed E-state index contributed by atoms with van der Waals surface area (Å²) < 4.78 is 0. The molecule has 4 heteroatoms. The predicted molar refractivity (Wildman–Crippen MR) is 74.9 cm³/mol. The van der Waals surface area contributed by atoms with Gasteiger partial charge in [0.1, 0.15) is 5.82 Å². The second-order valence-corrected chi connectivity index (χ2v) is 4.51. The van der Waals surface area contributed by atoms with Gasteiger partial charge in [-0.05, 0) is 31.2 Å². The molecule has 0 aliphatic carbocycles. The zero-order valence-electron chi connectivity index (χ0n) is 10.6. The smallest absolute Gasteiger partial charge is 0.128 e. The van der Waals surface area contributed by atoms with Crippen molar-refractivity contribution in [1.82, 2.24) is 9.97 Å². The molecule has 0 aliphatic heterocycles. The molecule has 0 unspecified atom stereocenters. The Balaban J connectivity index is 2.13. The number of aryl methyl sites for hydroxylation is 1. The molecule has 0 aromatic carbocycles. The molecule has 0 radical (unpaired) electrons. The van der Waals surface area contributed by atoms with E-state index in [4.69, 9.17) is 11.6 Å². The van der Waals surface area contributed by atoms with E-state index in [9.17, 15) is 0 Å². The summed E-state index contributed by atoms with van der Waals surface area (Å²) in [4.78, 5) is 11.0. The molecule has 2 rings (SSSR count). The van der Waals surface area contributed by atoms with Gasteiger partial charge in [0.05, 0.1) is 23.8 Å². The molecule has 0 aliphatic rings. The van der Waals surface area contributed by atoms with Gasteiger partial charge in [0.25, 0.3) is 0 Å². The van der Waals surface area contributed by atoms with Crippen molar-refractivity contribution in [2.75, 3.05) is 11.9 Å². The van der Waals surface area contributed by atoms with Crippen molar-refractivity contribution < 1.29 is 0 Å². The molecule has 0 bridgehead atoms. The van der Waals surface area contributed by atoms with Crippen LogP contribution < -0.4 is 4.90 Å². The van der Waals surface area contributed by atoms with Gasteiger partial charge < -0.3 is 4.90 Å². The summed E-state index contributed by atoms with van der Waals surface area (Å²) in [6, 6.07) is 11.9. The normalized spacial score (nSPS) is 10.4. The van der Waals surface area contributed by atoms with Crippen LogP contribution >= 0.6 is 11.6 Å². The van der Waals surface area contributed by atoms with Crippen molar-refractivity contribution in [2.45, 2.75) is 19.3 Å². The molecule has 0 saturated heterocycles. The first-order chi connectivity index (χ1) is 8.69. The second-order valence-electron chi connectivity index (χ2n) is 4.25. The predicted octanol–water partition coefficient (Wildman–Crippen LogP) is 3.16. The molecular formula is C14H16ClN3. The molecule has 0 atom stereocenters. The lowest BCUT2D eigenvalue weighted by Gasteiger charge is -2.18. The fourth-order valence-electron chi connectivity index (χ4n) is 1.77. The highest BCUT2D eigenvalue weighted by Gasteiger charge is 2.05. The lowest BCUT2D eigenvalue weighted by Crippen LogP contribution is -2.18. The fraction of sp³-hybridized carbons (Fsp3) is 0.286. The first-order valence-corrected chi connectivity index (χ1v) is 6.38. The Morgan fingerprint density at radius 2 is 1.78 bits per heavy atom. The van der Waals surface area contributed by atoms with E-state index in [1.54, 1.807) is 0 Å². The van der Waals surface area contributed by atoms with Crippen molar-refractivity contribution in [3.05, 3.63) is 53.5 Å². The Labute approximate surface area is 112 Å². The maximum atomic E-state index is 5.79. The number of alkyl halides is 1. The lowest BCUT2D eigenvalue weighted by atomic mass is 10.3. The van der Waals surface area contributed by atoms with Crippen molar-refractivity contribution in [3.63, 3.8) is 0 Å². The SMILES string of the molecule is Cc1cccc(CN(C)c2cccc(CCl)n2)n1. The van der Waals surface area contributed by atoms with E-state index in [2.05, 4.69) is 14.9 Å². The second kappa shape index (κ2) is 5.83. The van der Waals surface area contributed by atoms with Gasteiger partial charge in [0.15, 0.2) is 0 Å². The molecule has 0 spiro atoms. The highest BCUT2D eigenvalue weighted by Crippen LogP contribution is 2.13. The van der Waals surface area contributed by atoms with E-state index in [0.29, 0.717) is 5.88 Å². The van der Waals surface area contributed by atoms with E-state index >= 15 is 0 Å². The summed E-state index contributed by atoms with van der Waals surface area (Å²) in [5.41, 5.74) is 2.96. The number of hydrogen-bond acceptors (Lipinski definition) is 3. The summed E-state index contributed by atoms with van der Waals surface area (Å²) >= 11 is 5.79. The third kappa shape index (κ3) is 3.20. The van der Waals surface area contributed by atoms with Crippen LogP contribution in [0.15, 0.2) is 36.4 Å². The molecule has 2 aromatic rings. The third-order valence-corrected chi connectivity index (χ3v) is 2.94. The Hall–Kier alpha value is -1.61. The Morgan fingerprint density at radius 1 is 1.06 bits per heavy atom. The summed E-state index contributed by atoms with van der Waals surface area (Å²) in [5, 5.41) is 0. The monoisotopic (exact) mass is 261 g/mol. The molecule has 94 valence electrons. The van der Waals surface area contributed by atoms with Crippen LogP contribution in [0.1, 0.15) is 17.1 Å². The Kier molecular flexibility index (Phi) is 4.15. The average molecular weight is 262 g/mol.